The van der Waals surface area contributed by atoms with Crippen molar-refractivity contribution < 1.29 is 4.79 Å². The maximum Gasteiger partial charge on any atom is 0.163 e. The highest BCUT2D eigenvalue weighted by Crippen LogP contribution is 2.45. The van der Waals surface area contributed by atoms with E-state index in [4.69, 9.17) is 4.98 Å². The Bertz CT molecular complexity index is 1060. The van der Waals surface area contributed by atoms with Gasteiger partial charge in [-0.05, 0) is 36.1 Å². The summed E-state index contributed by atoms with van der Waals surface area (Å²) in [5.74, 6) is 0.953. The number of imidazole rings is 1. The standard InChI is InChI=1S/C22H22N4O/c1-22(2)11-17-19(18(27)12-22)20(24-14-8-4-3-7-13(14)23-17)21-25-15-9-5-6-10-16(15)26-21/h3-10,20,23-24H,11-12H2,1-2H3,(H,25,26)/t20-/m1/s1. The second kappa shape index (κ2) is 5.71. The second-order valence-corrected chi connectivity index (χ2v) is 8.22. The summed E-state index contributed by atoms with van der Waals surface area (Å²) in [5.41, 5.74) is 5.59. The van der Waals surface area contributed by atoms with Gasteiger partial charge in [0.25, 0.3) is 0 Å². The van der Waals surface area contributed by atoms with Crippen molar-refractivity contribution in [1.29, 1.82) is 0 Å². The molecule has 3 N–H and O–H groups in total. The van der Waals surface area contributed by atoms with Gasteiger partial charge < -0.3 is 15.6 Å². The van der Waals surface area contributed by atoms with Gasteiger partial charge in [-0.25, -0.2) is 4.98 Å². The number of aromatic nitrogens is 2. The van der Waals surface area contributed by atoms with E-state index in [0.717, 1.165) is 45.9 Å². The minimum atomic E-state index is -0.299. The molecule has 0 fully saturated rings. The van der Waals surface area contributed by atoms with Crippen LogP contribution in [0.5, 0.6) is 0 Å². The normalized spacial score (nSPS) is 21.1. The molecule has 0 amide bonds. The second-order valence-electron chi connectivity index (χ2n) is 8.22. The van der Waals surface area contributed by atoms with E-state index < -0.39 is 0 Å². The third kappa shape index (κ3) is 2.70. The average Bonchev–Trinajstić information content (AvgIpc) is 2.97. The molecule has 0 radical (unpaired) electrons. The van der Waals surface area contributed by atoms with E-state index in [9.17, 15) is 4.79 Å². The number of Topliss-reactive ketones (excluding diaryl/α,β-unsaturated/α-hetero) is 1. The van der Waals surface area contributed by atoms with Gasteiger partial charge in [-0.1, -0.05) is 38.1 Å². The number of H-pyrrole nitrogens is 1. The van der Waals surface area contributed by atoms with Gasteiger partial charge in [0, 0.05) is 17.7 Å². The lowest BCUT2D eigenvalue weighted by molar-refractivity contribution is -0.118. The van der Waals surface area contributed by atoms with Crippen molar-refractivity contribution in [2.24, 2.45) is 5.41 Å². The summed E-state index contributed by atoms with van der Waals surface area (Å²) in [7, 11) is 0. The fraction of sp³-hybridized carbons (Fsp3) is 0.273. The zero-order valence-electron chi connectivity index (χ0n) is 15.5. The molecule has 3 aromatic rings. The molecule has 1 aromatic heterocycles. The molecule has 0 saturated heterocycles. The molecule has 5 rings (SSSR count). The Balaban J connectivity index is 1.70. The lowest BCUT2D eigenvalue weighted by atomic mass is 9.74. The Hall–Kier alpha value is -3.08. The molecular weight excluding hydrogens is 336 g/mol. The molecule has 1 aliphatic carbocycles. The first-order chi connectivity index (χ1) is 13.0. The fourth-order valence-electron chi connectivity index (χ4n) is 4.20. The van der Waals surface area contributed by atoms with Crippen LogP contribution in [-0.4, -0.2) is 15.8 Å². The maximum absolute atomic E-state index is 13.2. The summed E-state index contributed by atoms with van der Waals surface area (Å²) in [6.45, 7) is 4.30. The lowest BCUT2D eigenvalue weighted by Gasteiger charge is -2.33. The average molecular weight is 358 g/mol. The summed E-state index contributed by atoms with van der Waals surface area (Å²) >= 11 is 0. The number of carbonyl (C=O) groups excluding carboxylic acids is 1. The number of hydrogen-bond acceptors (Lipinski definition) is 4. The predicted molar refractivity (Wildman–Crippen MR) is 108 cm³/mol. The van der Waals surface area contributed by atoms with Crippen LogP contribution in [-0.2, 0) is 4.79 Å². The first kappa shape index (κ1) is 16.1. The molecule has 0 unspecified atom stereocenters. The SMILES string of the molecule is CC1(C)CC(=O)C2=C(C1)Nc1ccccc1N[C@H]2c1nc2ccccc2[nH]1. The first-order valence-corrected chi connectivity index (χ1v) is 9.34. The zero-order chi connectivity index (χ0) is 18.6. The van der Waals surface area contributed by atoms with E-state index in [1.54, 1.807) is 0 Å². The molecule has 2 heterocycles. The third-order valence-electron chi connectivity index (χ3n) is 5.40. The summed E-state index contributed by atoms with van der Waals surface area (Å²) in [4.78, 5) is 21.4. The molecule has 27 heavy (non-hydrogen) atoms. The number of nitrogens with zero attached hydrogens (tertiary/aromatic N) is 1. The lowest BCUT2D eigenvalue weighted by Crippen LogP contribution is -2.31. The predicted octanol–water partition coefficient (Wildman–Crippen LogP) is 4.78. The highest BCUT2D eigenvalue weighted by Gasteiger charge is 2.39. The van der Waals surface area contributed by atoms with Crippen LogP contribution in [0, 0.1) is 5.41 Å². The molecule has 1 atom stereocenters. The Morgan fingerprint density at radius 3 is 2.56 bits per heavy atom. The largest absolute Gasteiger partial charge is 0.370 e. The summed E-state index contributed by atoms with van der Waals surface area (Å²) < 4.78 is 0. The molecule has 136 valence electrons. The number of ketones is 1. The number of anilines is 2. The van der Waals surface area contributed by atoms with Crippen LogP contribution in [0.3, 0.4) is 0 Å². The van der Waals surface area contributed by atoms with E-state index >= 15 is 0 Å². The van der Waals surface area contributed by atoms with Crippen LogP contribution in [0.2, 0.25) is 0 Å². The molecule has 1 aliphatic heterocycles. The molecule has 5 heteroatoms. The number of benzene rings is 2. The van der Waals surface area contributed by atoms with Crippen LogP contribution >= 0.6 is 0 Å². The van der Waals surface area contributed by atoms with Gasteiger partial charge in [0.05, 0.1) is 22.4 Å². The van der Waals surface area contributed by atoms with E-state index in [2.05, 4.69) is 29.5 Å². The van der Waals surface area contributed by atoms with Gasteiger partial charge in [0.2, 0.25) is 0 Å². The minimum absolute atomic E-state index is 0.0549. The minimum Gasteiger partial charge on any atom is -0.370 e. The number of hydrogen-bond donors (Lipinski definition) is 3. The summed E-state index contributed by atoms with van der Waals surface area (Å²) in [5, 5.41) is 7.09. The van der Waals surface area contributed by atoms with Gasteiger partial charge >= 0.3 is 0 Å². The molecular formula is C22H22N4O. The number of carbonyl (C=O) groups is 1. The number of fused-ring (bicyclic) bond motifs is 2. The Kier molecular flexibility index (Phi) is 3.41. The molecule has 0 saturated carbocycles. The van der Waals surface area contributed by atoms with Crippen molar-refractivity contribution in [2.45, 2.75) is 32.7 Å². The van der Waals surface area contributed by atoms with E-state index in [1.807, 2.05) is 48.5 Å². The van der Waals surface area contributed by atoms with Crippen LogP contribution < -0.4 is 10.6 Å². The van der Waals surface area contributed by atoms with Crippen molar-refractivity contribution in [3.63, 3.8) is 0 Å². The van der Waals surface area contributed by atoms with Gasteiger partial charge in [-0.15, -0.1) is 0 Å². The van der Waals surface area contributed by atoms with E-state index in [1.165, 1.54) is 0 Å². The van der Waals surface area contributed by atoms with Crippen molar-refractivity contribution in [1.82, 2.24) is 9.97 Å². The van der Waals surface area contributed by atoms with Crippen molar-refractivity contribution >= 4 is 28.2 Å². The highest BCUT2D eigenvalue weighted by molar-refractivity contribution is 6.01. The van der Waals surface area contributed by atoms with Crippen molar-refractivity contribution in [3.05, 3.63) is 65.6 Å². The monoisotopic (exact) mass is 358 g/mol. The van der Waals surface area contributed by atoms with Gasteiger partial charge in [-0.2, -0.15) is 0 Å². The third-order valence-corrected chi connectivity index (χ3v) is 5.40. The Morgan fingerprint density at radius 1 is 1.00 bits per heavy atom. The smallest absolute Gasteiger partial charge is 0.163 e. The quantitative estimate of drug-likeness (QED) is 0.585. The number of rotatable bonds is 1. The highest BCUT2D eigenvalue weighted by atomic mass is 16.1. The molecule has 2 aromatic carbocycles. The fourth-order valence-corrected chi connectivity index (χ4v) is 4.20. The van der Waals surface area contributed by atoms with Crippen LogP contribution in [0.1, 0.15) is 38.6 Å². The summed E-state index contributed by atoms with van der Waals surface area (Å²) in [6.07, 6.45) is 1.38. The maximum atomic E-state index is 13.2. The van der Waals surface area contributed by atoms with E-state index in [-0.39, 0.29) is 17.2 Å². The number of nitrogens with one attached hydrogen (secondary N) is 3. The van der Waals surface area contributed by atoms with Crippen LogP contribution in [0.4, 0.5) is 11.4 Å². The van der Waals surface area contributed by atoms with Gasteiger partial charge in [0.1, 0.15) is 11.9 Å². The number of para-hydroxylation sites is 4. The zero-order valence-corrected chi connectivity index (χ0v) is 15.5. The Labute approximate surface area is 157 Å². The van der Waals surface area contributed by atoms with Gasteiger partial charge in [-0.3, -0.25) is 4.79 Å². The van der Waals surface area contributed by atoms with Crippen LogP contribution in [0.15, 0.2) is 59.8 Å². The van der Waals surface area contributed by atoms with Gasteiger partial charge in [0.15, 0.2) is 5.78 Å². The van der Waals surface area contributed by atoms with E-state index in [0.29, 0.717) is 6.42 Å². The molecule has 0 spiro atoms. The van der Waals surface area contributed by atoms with Crippen LogP contribution in [0.25, 0.3) is 11.0 Å². The number of aromatic amines is 1. The topological polar surface area (TPSA) is 69.8 Å². The number of allylic oxidation sites excluding steroid dienone is 1. The molecule has 0 bridgehead atoms. The van der Waals surface area contributed by atoms with Crippen molar-refractivity contribution in [3.8, 4) is 0 Å². The molecule has 2 aliphatic rings. The molecule has 5 nitrogen and oxygen atoms in total. The first-order valence-electron chi connectivity index (χ1n) is 9.34. The Morgan fingerprint density at radius 2 is 1.74 bits per heavy atom. The van der Waals surface area contributed by atoms with Crippen molar-refractivity contribution in [2.75, 3.05) is 10.6 Å². The summed E-state index contributed by atoms with van der Waals surface area (Å²) in [6, 6.07) is 15.7.